The maximum atomic E-state index is 4.70. The first kappa shape index (κ1) is 15.2. The van der Waals surface area contributed by atoms with Crippen LogP contribution in [0.1, 0.15) is 29.3 Å². The highest BCUT2D eigenvalue weighted by atomic mass is 15.3. The van der Waals surface area contributed by atoms with Gasteiger partial charge in [-0.3, -0.25) is 10.4 Å². The molecule has 1 N–H and O–H groups in total. The van der Waals surface area contributed by atoms with Gasteiger partial charge in [0.25, 0.3) is 0 Å². The molecule has 0 aliphatic carbocycles. The van der Waals surface area contributed by atoms with Gasteiger partial charge in [0, 0.05) is 11.6 Å². The third-order valence-electron chi connectivity index (χ3n) is 3.83. The Bertz CT molecular complexity index is 883. The van der Waals surface area contributed by atoms with E-state index in [1.54, 1.807) is 6.20 Å². The van der Waals surface area contributed by atoms with Gasteiger partial charge in [-0.1, -0.05) is 17.7 Å². The summed E-state index contributed by atoms with van der Waals surface area (Å²) < 4.78 is 0. The Morgan fingerprint density at radius 3 is 2.61 bits per heavy atom. The molecule has 1 aromatic carbocycles. The lowest BCUT2D eigenvalue weighted by molar-refractivity contribution is 1.21. The van der Waals surface area contributed by atoms with E-state index in [1.165, 1.54) is 22.1 Å². The summed E-state index contributed by atoms with van der Waals surface area (Å²) in [6.45, 7) is 8.23. The number of nitrogens with zero attached hydrogens (tertiary/aromatic N) is 3. The highest BCUT2D eigenvalue weighted by Gasteiger charge is 2.06. The van der Waals surface area contributed by atoms with Gasteiger partial charge in [0.05, 0.1) is 16.9 Å². The van der Waals surface area contributed by atoms with E-state index in [2.05, 4.69) is 48.4 Å². The van der Waals surface area contributed by atoms with Crippen molar-refractivity contribution in [3.63, 3.8) is 0 Å². The Hall–Kier alpha value is -2.75. The zero-order valence-corrected chi connectivity index (χ0v) is 13.9. The molecule has 0 saturated carbocycles. The molecule has 0 atom stereocenters. The lowest BCUT2D eigenvalue weighted by atomic mass is 10.0. The number of hydrogen-bond acceptors (Lipinski definition) is 4. The topological polar surface area (TPSA) is 50.2 Å². The number of hydrazone groups is 1. The molecular formula is C19H20N4. The maximum absolute atomic E-state index is 4.70. The van der Waals surface area contributed by atoms with Crippen molar-refractivity contribution in [2.75, 3.05) is 5.43 Å². The van der Waals surface area contributed by atoms with Crippen LogP contribution in [0.4, 0.5) is 5.82 Å². The summed E-state index contributed by atoms with van der Waals surface area (Å²) in [5, 5.41) is 5.59. The van der Waals surface area contributed by atoms with Crippen molar-refractivity contribution in [2.24, 2.45) is 5.10 Å². The van der Waals surface area contributed by atoms with E-state index >= 15 is 0 Å². The Labute approximate surface area is 136 Å². The second kappa shape index (κ2) is 6.16. The zero-order valence-electron chi connectivity index (χ0n) is 13.9. The van der Waals surface area contributed by atoms with E-state index in [0.717, 1.165) is 22.7 Å². The predicted octanol–water partition coefficient (Wildman–Crippen LogP) is 4.39. The molecule has 2 heterocycles. The Morgan fingerprint density at radius 2 is 1.87 bits per heavy atom. The van der Waals surface area contributed by atoms with Crippen molar-refractivity contribution in [3.05, 3.63) is 65.0 Å². The third kappa shape index (κ3) is 3.21. The molecule has 3 rings (SSSR count). The second-order valence-electron chi connectivity index (χ2n) is 5.83. The van der Waals surface area contributed by atoms with Crippen LogP contribution in [0.25, 0.3) is 10.9 Å². The van der Waals surface area contributed by atoms with Crippen LogP contribution in [0.3, 0.4) is 0 Å². The molecule has 0 fully saturated rings. The van der Waals surface area contributed by atoms with Gasteiger partial charge >= 0.3 is 0 Å². The number of aromatic nitrogens is 2. The van der Waals surface area contributed by atoms with E-state index in [9.17, 15) is 0 Å². The third-order valence-corrected chi connectivity index (χ3v) is 3.83. The van der Waals surface area contributed by atoms with Gasteiger partial charge < -0.3 is 0 Å². The van der Waals surface area contributed by atoms with E-state index in [4.69, 9.17) is 4.98 Å². The quantitative estimate of drug-likeness (QED) is 0.576. The van der Waals surface area contributed by atoms with Crippen LogP contribution >= 0.6 is 0 Å². The number of anilines is 1. The van der Waals surface area contributed by atoms with Crippen molar-refractivity contribution in [3.8, 4) is 0 Å². The van der Waals surface area contributed by atoms with E-state index in [1.807, 2.05) is 31.2 Å². The van der Waals surface area contributed by atoms with Crippen LogP contribution in [-0.2, 0) is 0 Å². The fourth-order valence-corrected chi connectivity index (χ4v) is 2.68. The molecule has 116 valence electrons. The van der Waals surface area contributed by atoms with Crippen LogP contribution in [0.5, 0.6) is 0 Å². The second-order valence-corrected chi connectivity index (χ2v) is 5.83. The van der Waals surface area contributed by atoms with E-state index in [-0.39, 0.29) is 0 Å². The average Bonchev–Trinajstić information content (AvgIpc) is 2.54. The lowest BCUT2D eigenvalue weighted by Gasteiger charge is -2.10. The van der Waals surface area contributed by atoms with Crippen LogP contribution in [-0.4, -0.2) is 15.7 Å². The summed E-state index contributed by atoms with van der Waals surface area (Å²) in [6.07, 6.45) is 1.76. The molecule has 4 heteroatoms. The molecule has 0 bridgehead atoms. The largest absolute Gasteiger partial charge is 0.261 e. The Morgan fingerprint density at radius 1 is 1.04 bits per heavy atom. The molecule has 2 aromatic heterocycles. The Balaban J connectivity index is 1.95. The highest BCUT2D eigenvalue weighted by molar-refractivity contribution is 5.97. The van der Waals surface area contributed by atoms with Crippen molar-refractivity contribution in [1.29, 1.82) is 0 Å². The summed E-state index contributed by atoms with van der Waals surface area (Å²) in [5.41, 5.74) is 9.37. The molecule has 0 radical (unpaired) electrons. The monoisotopic (exact) mass is 304 g/mol. The number of fused-ring (bicyclic) bond motifs is 1. The van der Waals surface area contributed by atoms with Gasteiger partial charge in [0.15, 0.2) is 0 Å². The fourth-order valence-electron chi connectivity index (χ4n) is 2.68. The predicted molar refractivity (Wildman–Crippen MR) is 96.0 cm³/mol. The first-order chi connectivity index (χ1) is 11.0. The molecule has 0 aliphatic heterocycles. The van der Waals surface area contributed by atoms with E-state index in [0.29, 0.717) is 0 Å². The minimum absolute atomic E-state index is 0.747. The first-order valence-corrected chi connectivity index (χ1v) is 7.65. The highest BCUT2D eigenvalue weighted by Crippen LogP contribution is 2.24. The normalized spacial score (nSPS) is 11.7. The van der Waals surface area contributed by atoms with Crippen molar-refractivity contribution < 1.29 is 0 Å². The van der Waals surface area contributed by atoms with Gasteiger partial charge in [0.2, 0.25) is 0 Å². The molecule has 23 heavy (non-hydrogen) atoms. The summed E-state index contributed by atoms with van der Waals surface area (Å²) in [7, 11) is 0. The van der Waals surface area contributed by atoms with Crippen molar-refractivity contribution in [1.82, 2.24) is 9.97 Å². The summed E-state index contributed by atoms with van der Waals surface area (Å²) in [6, 6.07) is 12.1. The van der Waals surface area contributed by atoms with Crippen molar-refractivity contribution in [2.45, 2.75) is 27.7 Å². The molecule has 0 amide bonds. The van der Waals surface area contributed by atoms with Gasteiger partial charge in [-0.15, -0.1) is 0 Å². The molecular weight excluding hydrogens is 284 g/mol. The summed E-state index contributed by atoms with van der Waals surface area (Å²) in [4.78, 5) is 8.99. The van der Waals surface area contributed by atoms with Crippen LogP contribution < -0.4 is 5.43 Å². The lowest BCUT2D eigenvalue weighted by Crippen LogP contribution is -2.03. The fraction of sp³-hybridized carbons (Fsp3) is 0.211. The number of benzene rings is 1. The summed E-state index contributed by atoms with van der Waals surface area (Å²) >= 11 is 0. The van der Waals surface area contributed by atoms with Crippen molar-refractivity contribution >= 4 is 22.4 Å². The molecule has 0 saturated heterocycles. The van der Waals surface area contributed by atoms with Gasteiger partial charge in [-0.05, 0) is 63.1 Å². The smallest absolute Gasteiger partial charge is 0.147 e. The number of hydrogen-bond donors (Lipinski definition) is 1. The average molecular weight is 304 g/mol. The van der Waals surface area contributed by atoms with Crippen LogP contribution in [0.2, 0.25) is 0 Å². The maximum Gasteiger partial charge on any atom is 0.147 e. The van der Waals surface area contributed by atoms with Gasteiger partial charge in [-0.2, -0.15) is 5.10 Å². The standard InChI is InChI=1S/C19H20N4/c1-12-9-14(3)19-16(10-12)13(2)11-18(21-19)23-22-15(4)17-7-5-6-8-20-17/h5-11H,1-4H3,(H,21,23). The SMILES string of the molecule is CC(=NNc1cc(C)c2cc(C)cc(C)c2n1)c1ccccn1. The van der Waals surface area contributed by atoms with Crippen LogP contribution in [0.15, 0.2) is 47.7 Å². The van der Waals surface area contributed by atoms with Crippen LogP contribution in [0, 0.1) is 20.8 Å². The molecule has 0 unspecified atom stereocenters. The molecule has 0 aliphatic rings. The molecule has 4 nitrogen and oxygen atoms in total. The summed E-state index contributed by atoms with van der Waals surface area (Å²) in [5.74, 6) is 0.747. The van der Waals surface area contributed by atoms with E-state index < -0.39 is 0 Å². The van der Waals surface area contributed by atoms with Gasteiger partial charge in [-0.25, -0.2) is 4.98 Å². The minimum Gasteiger partial charge on any atom is -0.261 e. The van der Waals surface area contributed by atoms with Gasteiger partial charge in [0.1, 0.15) is 5.82 Å². The zero-order chi connectivity index (χ0) is 16.4. The Kier molecular flexibility index (Phi) is 4.06. The molecule has 3 aromatic rings. The molecule has 0 spiro atoms. The first-order valence-electron chi connectivity index (χ1n) is 7.65. The number of aryl methyl sites for hydroxylation is 3. The number of pyridine rings is 2. The number of nitrogens with one attached hydrogen (secondary N) is 1. The minimum atomic E-state index is 0.747. The number of rotatable bonds is 3.